The number of likely N-dealkylation sites (tertiary alicyclic amines) is 1. The van der Waals surface area contributed by atoms with Gasteiger partial charge in [0, 0.05) is 37.3 Å². The second-order valence-electron chi connectivity index (χ2n) is 8.22. The van der Waals surface area contributed by atoms with Crippen molar-refractivity contribution in [2.45, 2.75) is 26.4 Å². The van der Waals surface area contributed by atoms with Crippen LogP contribution in [0.5, 0.6) is 11.5 Å². The highest BCUT2D eigenvalue weighted by Gasteiger charge is 2.54. The van der Waals surface area contributed by atoms with Crippen LogP contribution in [0.25, 0.3) is 0 Å². The van der Waals surface area contributed by atoms with Crippen LogP contribution in [0.3, 0.4) is 0 Å². The van der Waals surface area contributed by atoms with E-state index in [2.05, 4.69) is 4.90 Å². The highest BCUT2D eigenvalue weighted by atomic mass is 16.5. The Labute approximate surface area is 177 Å². The van der Waals surface area contributed by atoms with Crippen molar-refractivity contribution in [1.82, 2.24) is 9.80 Å². The summed E-state index contributed by atoms with van der Waals surface area (Å²) in [5.74, 6) is 1.38. The lowest BCUT2D eigenvalue weighted by atomic mass is 9.78. The molecule has 2 aliphatic rings. The molecule has 6 nitrogen and oxygen atoms in total. The van der Waals surface area contributed by atoms with Gasteiger partial charge in [0.05, 0.1) is 31.2 Å². The quantitative estimate of drug-likeness (QED) is 0.760. The number of ether oxygens (including phenoxy) is 2. The second kappa shape index (κ2) is 7.76. The van der Waals surface area contributed by atoms with Gasteiger partial charge >= 0.3 is 0 Å². The SMILES string of the molecule is CCN1C(=O)c2ccccc2C(=O)[C@@]2(C)CN(Cc3cccc(OC)c3OC)C[C@@H]12. The van der Waals surface area contributed by atoms with Gasteiger partial charge in [-0.25, -0.2) is 0 Å². The van der Waals surface area contributed by atoms with E-state index in [0.29, 0.717) is 48.8 Å². The van der Waals surface area contributed by atoms with Crippen molar-refractivity contribution >= 4 is 11.7 Å². The molecule has 158 valence electrons. The number of amides is 1. The van der Waals surface area contributed by atoms with Gasteiger partial charge in [0.25, 0.3) is 5.91 Å². The zero-order chi connectivity index (χ0) is 21.5. The summed E-state index contributed by atoms with van der Waals surface area (Å²) >= 11 is 0. The van der Waals surface area contributed by atoms with E-state index in [4.69, 9.17) is 9.47 Å². The molecule has 0 radical (unpaired) electrons. The number of hydrogen-bond acceptors (Lipinski definition) is 5. The van der Waals surface area contributed by atoms with Crippen LogP contribution >= 0.6 is 0 Å². The minimum atomic E-state index is -0.662. The third kappa shape index (κ3) is 3.06. The van der Waals surface area contributed by atoms with E-state index in [9.17, 15) is 9.59 Å². The Balaban J connectivity index is 1.70. The minimum absolute atomic E-state index is 0.0486. The molecule has 1 saturated heterocycles. The van der Waals surface area contributed by atoms with Crippen LogP contribution in [0.4, 0.5) is 0 Å². The molecule has 2 aromatic carbocycles. The molecule has 30 heavy (non-hydrogen) atoms. The van der Waals surface area contributed by atoms with Crippen LogP contribution in [0, 0.1) is 5.41 Å². The number of hydrogen-bond donors (Lipinski definition) is 0. The number of para-hydroxylation sites is 1. The molecule has 6 heteroatoms. The number of benzene rings is 2. The second-order valence-corrected chi connectivity index (χ2v) is 8.22. The highest BCUT2D eigenvalue weighted by molar-refractivity contribution is 6.12. The summed E-state index contributed by atoms with van der Waals surface area (Å²) in [5, 5.41) is 0. The number of carbonyl (C=O) groups excluding carboxylic acids is 2. The van der Waals surface area contributed by atoms with E-state index < -0.39 is 5.41 Å². The van der Waals surface area contributed by atoms with Gasteiger partial charge in [-0.05, 0) is 26.0 Å². The number of carbonyl (C=O) groups is 2. The van der Waals surface area contributed by atoms with Crippen molar-refractivity contribution in [1.29, 1.82) is 0 Å². The molecule has 0 aliphatic carbocycles. The molecule has 0 N–H and O–H groups in total. The zero-order valence-electron chi connectivity index (χ0n) is 18.0. The summed E-state index contributed by atoms with van der Waals surface area (Å²) in [6.07, 6.45) is 0. The van der Waals surface area contributed by atoms with Crippen molar-refractivity contribution in [2.24, 2.45) is 5.41 Å². The smallest absolute Gasteiger partial charge is 0.254 e. The predicted octanol–water partition coefficient (Wildman–Crippen LogP) is 3.25. The standard InChI is InChI=1S/C24H28N2O4/c1-5-26-20-14-25(13-16-9-8-12-19(29-3)21(16)30-4)15-24(20,2)22(27)17-10-6-7-11-18(17)23(26)28/h6-12,20H,5,13-15H2,1-4H3/t20-,24+/m1/s1. The summed E-state index contributed by atoms with van der Waals surface area (Å²) in [6, 6.07) is 12.8. The molecule has 1 amide bonds. The molecular formula is C24H28N2O4. The fraction of sp³-hybridized carbons (Fsp3) is 0.417. The van der Waals surface area contributed by atoms with Gasteiger partial charge in [0.1, 0.15) is 0 Å². The molecule has 0 bridgehead atoms. The third-order valence-corrected chi connectivity index (χ3v) is 6.50. The van der Waals surface area contributed by atoms with E-state index >= 15 is 0 Å². The average molecular weight is 408 g/mol. The monoisotopic (exact) mass is 408 g/mol. The topological polar surface area (TPSA) is 59.1 Å². The summed E-state index contributed by atoms with van der Waals surface area (Å²) in [7, 11) is 3.26. The minimum Gasteiger partial charge on any atom is -0.493 e. The Hall–Kier alpha value is -2.86. The Kier molecular flexibility index (Phi) is 5.28. The number of ketones is 1. The van der Waals surface area contributed by atoms with Crippen molar-refractivity contribution < 1.29 is 19.1 Å². The van der Waals surface area contributed by atoms with Crippen LogP contribution < -0.4 is 9.47 Å². The van der Waals surface area contributed by atoms with Crippen molar-refractivity contribution in [3.63, 3.8) is 0 Å². The van der Waals surface area contributed by atoms with Crippen LogP contribution in [0.2, 0.25) is 0 Å². The first-order chi connectivity index (χ1) is 14.4. The normalized spacial score (nSPS) is 23.7. The van der Waals surface area contributed by atoms with E-state index in [0.717, 1.165) is 5.56 Å². The molecular weight excluding hydrogens is 380 g/mol. The number of rotatable bonds is 5. The van der Waals surface area contributed by atoms with Crippen molar-refractivity contribution in [3.8, 4) is 11.5 Å². The van der Waals surface area contributed by atoms with Crippen LogP contribution in [-0.2, 0) is 6.54 Å². The van der Waals surface area contributed by atoms with Crippen molar-refractivity contribution in [3.05, 3.63) is 59.2 Å². The van der Waals surface area contributed by atoms with Crippen LogP contribution in [0.1, 0.15) is 40.1 Å². The number of methoxy groups -OCH3 is 2. The van der Waals surface area contributed by atoms with Crippen LogP contribution in [0.15, 0.2) is 42.5 Å². The molecule has 4 rings (SSSR count). The molecule has 2 atom stereocenters. The van der Waals surface area contributed by atoms with Gasteiger partial charge in [-0.1, -0.05) is 30.3 Å². The maximum absolute atomic E-state index is 13.6. The number of nitrogens with zero attached hydrogens (tertiary/aromatic N) is 2. The molecule has 2 aliphatic heterocycles. The molecule has 0 spiro atoms. The first-order valence-electron chi connectivity index (χ1n) is 10.3. The molecule has 1 fully saturated rings. The summed E-state index contributed by atoms with van der Waals surface area (Å²) in [5.41, 5.74) is 1.39. The molecule has 0 unspecified atom stereocenters. The van der Waals surface area contributed by atoms with E-state index in [1.807, 2.05) is 49.1 Å². The van der Waals surface area contributed by atoms with Gasteiger partial charge in [0.2, 0.25) is 0 Å². The largest absolute Gasteiger partial charge is 0.493 e. The van der Waals surface area contributed by atoms with Gasteiger partial charge in [-0.3, -0.25) is 14.5 Å². The number of likely N-dealkylation sites (N-methyl/N-ethyl adjacent to an activating group) is 1. The first-order valence-corrected chi connectivity index (χ1v) is 10.3. The lowest BCUT2D eigenvalue weighted by Crippen LogP contribution is -2.49. The summed E-state index contributed by atoms with van der Waals surface area (Å²) in [4.78, 5) is 31.0. The fourth-order valence-corrected chi connectivity index (χ4v) is 5.02. The molecule has 2 aromatic rings. The first kappa shape index (κ1) is 20.4. The number of fused-ring (bicyclic) bond motifs is 2. The molecule has 0 aromatic heterocycles. The average Bonchev–Trinajstić information content (AvgIpc) is 3.07. The highest BCUT2D eigenvalue weighted by Crippen LogP contribution is 2.42. The third-order valence-electron chi connectivity index (χ3n) is 6.50. The molecule has 0 saturated carbocycles. The lowest BCUT2D eigenvalue weighted by Gasteiger charge is -2.34. The maximum atomic E-state index is 13.6. The predicted molar refractivity (Wildman–Crippen MR) is 114 cm³/mol. The van der Waals surface area contributed by atoms with Crippen LogP contribution in [-0.4, -0.2) is 61.4 Å². The Morgan fingerprint density at radius 3 is 2.43 bits per heavy atom. The Bertz CT molecular complexity index is 989. The Morgan fingerprint density at radius 2 is 1.77 bits per heavy atom. The maximum Gasteiger partial charge on any atom is 0.254 e. The van der Waals surface area contributed by atoms with Gasteiger partial charge in [0.15, 0.2) is 17.3 Å². The lowest BCUT2D eigenvalue weighted by molar-refractivity contribution is 0.0560. The van der Waals surface area contributed by atoms with Crippen molar-refractivity contribution in [2.75, 3.05) is 33.9 Å². The van der Waals surface area contributed by atoms with Gasteiger partial charge < -0.3 is 14.4 Å². The van der Waals surface area contributed by atoms with Gasteiger partial charge in [-0.15, -0.1) is 0 Å². The number of Topliss-reactive ketones (excluding diaryl/α,β-unsaturated/α-hetero) is 1. The summed E-state index contributed by atoms with van der Waals surface area (Å²) in [6.45, 7) is 6.38. The fourth-order valence-electron chi connectivity index (χ4n) is 5.02. The summed E-state index contributed by atoms with van der Waals surface area (Å²) < 4.78 is 11.0. The van der Waals surface area contributed by atoms with E-state index in [1.165, 1.54) is 0 Å². The van der Waals surface area contributed by atoms with Gasteiger partial charge in [-0.2, -0.15) is 0 Å². The Morgan fingerprint density at radius 1 is 1.03 bits per heavy atom. The van der Waals surface area contributed by atoms with E-state index in [1.54, 1.807) is 26.4 Å². The molecule has 2 heterocycles. The van der Waals surface area contributed by atoms with E-state index in [-0.39, 0.29) is 17.7 Å². The zero-order valence-corrected chi connectivity index (χ0v) is 18.0.